The summed E-state index contributed by atoms with van der Waals surface area (Å²) in [5.74, 6) is 0. The second-order valence-electron chi connectivity index (χ2n) is 5.15. The molecule has 0 saturated heterocycles. The van der Waals surface area contributed by atoms with Crippen molar-refractivity contribution < 1.29 is 9.53 Å². The molecule has 0 N–H and O–H groups in total. The number of hydrogen-bond acceptors (Lipinski definition) is 2. The Morgan fingerprint density at radius 2 is 1.91 bits per heavy atom. The summed E-state index contributed by atoms with van der Waals surface area (Å²) in [5.41, 5.74) is 3.22. The highest BCUT2D eigenvalue weighted by atomic mass is 79.9. The molecule has 0 heterocycles. The topological polar surface area (TPSA) is 29.5 Å². The zero-order chi connectivity index (χ0) is 15.9. The van der Waals surface area contributed by atoms with Gasteiger partial charge in [-0.2, -0.15) is 0 Å². The fourth-order valence-corrected chi connectivity index (χ4v) is 2.52. The molecule has 0 aliphatic carbocycles. The van der Waals surface area contributed by atoms with E-state index in [4.69, 9.17) is 4.74 Å². The molecule has 3 nitrogen and oxygen atoms in total. The van der Waals surface area contributed by atoms with Crippen LogP contribution in [0.1, 0.15) is 23.6 Å². The van der Waals surface area contributed by atoms with Crippen molar-refractivity contribution in [1.29, 1.82) is 0 Å². The Balaban J connectivity index is 1.96. The van der Waals surface area contributed by atoms with Gasteiger partial charge in [-0.05, 0) is 25.5 Å². The molecule has 0 saturated carbocycles. The summed E-state index contributed by atoms with van der Waals surface area (Å²) in [6, 6.07) is 15.9. The first kappa shape index (κ1) is 16.6. The van der Waals surface area contributed by atoms with E-state index < -0.39 is 0 Å². The average molecular weight is 362 g/mol. The van der Waals surface area contributed by atoms with E-state index in [9.17, 15) is 4.79 Å². The Bertz CT molecular complexity index is 628. The Morgan fingerprint density at radius 3 is 2.59 bits per heavy atom. The zero-order valence-corrected chi connectivity index (χ0v) is 14.5. The van der Waals surface area contributed by atoms with E-state index >= 15 is 0 Å². The predicted octanol–water partition coefficient (Wildman–Crippen LogP) is 4.92. The molecular weight excluding hydrogens is 342 g/mol. The van der Waals surface area contributed by atoms with E-state index in [1.165, 1.54) is 0 Å². The van der Waals surface area contributed by atoms with Gasteiger partial charge in [0.15, 0.2) is 0 Å². The molecule has 0 unspecified atom stereocenters. The third-order valence-corrected chi connectivity index (χ3v) is 4.18. The summed E-state index contributed by atoms with van der Waals surface area (Å²) in [4.78, 5) is 13.9. The number of aryl methyl sites for hydroxylation is 1. The van der Waals surface area contributed by atoms with E-state index in [1.807, 2.05) is 62.4 Å². The zero-order valence-electron chi connectivity index (χ0n) is 12.9. The van der Waals surface area contributed by atoms with Crippen LogP contribution < -0.4 is 0 Å². The number of nitrogens with zero attached hydrogens (tertiary/aromatic N) is 1. The molecule has 1 amide bonds. The van der Waals surface area contributed by atoms with Crippen molar-refractivity contribution in [1.82, 2.24) is 4.90 Å². The van der Waals surface area contributed by atoms with Gasteiger partial charge >= 0.3 is 6.09 Å². The first-order valence-corrected chi connectivity index (χ1v) is 8.10. The average Bonchev–Trinajstić information content (AvgIpc) is 2.54. The molecule has 116 valence electrons. The highest BCUT2D eigenvalue weighted by molar-refractivity contribution is 9.10. The van der Waals surface area contributed by atoms with Gasteiger partial charge in [-0.1, -0.05) is 64.0 Å². The van der Waals surface area contributed by atoms with Gasteiger partial charge in [0.1, 0.15) is 6.61 Å². The lowest BCUT2D eigenvalue weighted by atomic mass is 10.1. The van der Waals surface area contributed by atoms with E-state index in [0.717, 1.165) is 21.2 Å². The minimum Gasteiger partial charge on any atom is -0.444 e. The standard InChI is InChI=1S/C18H20BrNO2/c1-3-20(12-15-7-5-4-6-8-15)18(21)22-13-16-11-14(2)9-10-17(16)19/h4-11H,3,12-13H2,1-2H3. The lowest BCUT2D eigenvalue weighted by molar-refractivity contribution is 0.0954. The number of carbonyl (C=O) groups excluding carboxylic acids is 1. The first-order chi connectivity index (χ1) is 10.6. The fourth-order valence-electron chi connectivity index (χ4n) is 2.15. The number of amides is 1. The number of ether oxygens (including phenoxy) is 1. The normalized spacial score (nSPS) is 10.3. The van der Waals surface area contributed by atoms with Crippen LogP contribution >= 0.6 is 15.9 Å². The fraction of sp³-hybridized carbons (Fsp3) is 0.278. The number of hydrogen-bond donors (Lipinski definition) is 0. The van der Waals surface area contributed by atoms with Crippen molar-refractivity contribution in [2.75, 3.05) is 6.54 Å². The number of rotatable bonds is 5. The molecule has 22 heavy (non-hydrogen) atoms. The summed E-state index contributed by atoms with van der Waals surface area (Å²) < 4.78 is 6.40. The van der Waals surface area contributed by atoms with E-state index in [1.54, 1.807) is 4.90 Å². The van der Waals surface area contributed by atoms with E-state index in [-0.39, 0.29) is 12.7 Å². The SMILES string of the molecule is CCN(Cc1ccccc1)C(=O)OCc1cc(C)ccc1Br. The van der Waals surface area contributed by atoms with Crippen molar-refractivity contribution in [3.63, 3.8) is 0 Å². The van der Waals surface area contributed by atoms with Gasteiger partial charge in [0.2, 0.25) is 0 Å². The number of halogens is 1. The summed E-state index contributed by atoms with van der Waals surface area (Å²) in [7, 11) is 0. The van der Waals surface area contributed by atoms with Crippen molar-refractivity contribution >= 4 is 22.0 Å². The highest BCUT2D eigenvalue weighted by Crippen LogP contribution is 2.19. The smallest absolute Gasteiger partial charge is 0.410 e. The second-order valence-corrected chi connectivity index (χ2v) is 6.00. The van der Waals surface area contributed by atoms with Crippen molar-refractivity contribution in [3.05, 3.63) is 69.7 Å². The second kappa shape index (κ2) is 7.99. The quantitative estimate of drug-likeness (QED) is 0.756. The third kappa shape index (κ3) is 4.60. The molecule has 0 radical (unpaired) electrons. The monoisotopic (exact) mass is 361 g/mol. The maximum absolute atomic E-state index is 12.2. The molecule has 0 fully saturated rings. The Morgan fingerprint density at radius 1 is 1.18 bits per heavy atom. The Hall–Kier alpha value is -1.81. The van der Waals surface area contributed by atoms with Gasteiger partial charge in [0.25, 0.3) is 0 Å². The Kier molecular flexibility index (Phi) is 6.01. The highest BCUT2D eigenvalue weighted by Gasteiger charge is 2.14. The van der Waals surface area contributed by atoms with Crippen molar-refractivity contribution in [2.24, 2.45) is 0 Å². The van der Waals surface area contributed by atoms with Crippen molar-refractivity contribution in [3.8, 4) is 0 Å². The van der Waals surface area contributed by atoms with Gasteiger partial charge in [-0.25, -0.2) is 4.79 Å². The summed E-state index contributed by atoms with van der Waals surface area (Å²) >= 11 is 3.48. The Labute approximate surface area is 140 Å². The van der Waals surface area contributed by atoms with Crippen LogP contribution in [0, 0.1) is 6.92 Å². The number of benzene rings is 2. The first-order valence-electron chi connectivity index (χ1n) is 7.30. The van der Waals surface area contributed by atoms with E-state index in [2.05, 4.69) is 15.9 Å². The molecule has 0 aliphatic rings. The molecule has 0 atom stereocenters. The maximum Gasteiger partial charge on any atom is 0.410 e. The molecule has 2 aromatic rings. The van der Waals surface area contributed by atoms with Crippen LogP contribution in [0.4, 0.5) is 4.79 Å². The van der Waals surface area contributed by atoms with Gasteiger partial charge in [0, 0.05) is 23.1 Å². The van der Waals surface area contributed by atoms with Crippen LogP contribution in [-0.4, -0.2) is 17.5 Å². The van der Waals surface area contributed by atoms with Crippen LogP contribution in [-0.2, 0) is 17.9 Å². The van der Waals surface area contributed by atoms with Crippen LogP contribution in [0.2, 0.25) is 0 Å². The molecule has 0 aromatic heterocycles. The van der Waals surface area contributed by atoms with Crippen LogP contribution in [0.3, 0.4) is 0 Å². The largest absolute Gasteiger partial charge is 0.444 e. The lowest BCUT2D eigenvalue weighted by Crippen LogP contribution is -2.30. The van der Waals surface area contributed by atoms with Gasteiger partial charge in [0.05, 0.1) is 0 Å². The molecule has 2 rings (SSSR count). The number of carbonyl (C=O) groups is 1. The molecule has 0 bridgehead atoms. The van der Waals surface area contributed by atoms with Gasteiger partial charge in [-0.15, -0.1) is 0 Å². The van der Waals surface area contributed by atoms with E-state index in [0.29, 0.717) is 13.1 Å². The minimum atomic E-state index is -0.292. The lowest BCUT2D eigenvalue weighted by Gasteiger charge is -2.20. The molecule has 2 aromatic carbocycles. The molecule has 0 aliphatic heterocycles. The van der Waals surface area contributed by atoms with Crippen molar-refractivity contribution in [2.45, 2.75) is 27.0 Å². The van der Waals surface area contributed by atoms with Crippen LogP contribution in [0.25, 0.3) is 0 Å². The third-order valence-electron chi connectivity index (χ3n) is 3.41. The minimum absolute atomic E-state index is 0.270. The predicted molar refractivity (Wildman–Crippen MR) is 91.6 cm³/mol. The summed E-state index contributed by atoms with van der Waals surface area (Å²) in [6.45, 7) is 5.42. The van der Waals surface area contributed by atoms with Gasteiger partial charge in [-0.3, -0.25) is 0 Å². The molecule has 0 spiro atoms. The van der Waals surface area contributed by atoms with Crippen LogP contribution in [0.5, 0.6) is 0 Å². The van der Waals surface area contributed by atoms with Crippen LogP contribution in [0.15, 0.2) is 53.0 Å². The molecular formula is C18H20BrNO2. The van der Waals surface area contributed by atoms with Gasteiger partial charge < -0.3 is 9.64 Å². The molecule has 4 heteroatoms. The maximum atomic E-state index is 12.2. The summed E-state index contributed by atoms with van der Waals surface area (Å²) in [5, 5.41) is 0. The summed E-state index contributed by atoms with van der Waals surface area (Å²) in [6.07, 6.45) is -0.292.